The molecule has 2 aliphatic rings. The molecule has 4 rings (SSSR count). The van der Waals surface area contributed by atoms with Crippen LogP contribution in [-0.4, -0.2) is 28.3 Å². The third kappa shape index (κ3) is 3.37. The van der Waals surface area contributed by atoms with E-state index in [1.54, 1.807) is 0 Å². The summed E-state index contributed by atoms with van der Waals surface area (Å²) >= 11 is 0. The van der Waals surface area contributed by atoms with Gasteiger partial charge in [0.05, 0.1) is 11.5 Å². The summed E-state index contributed by atoms with van der Waals surface area (Å²) in [5, 5.41) is 12.8. The lowest BCUT2D eigenvalue weighted by atomic mass is 9.79. The Kier molecular flexibility index (Phi) is 4.21. The number of ether oxygens (including phenoxy) is 1. The first-order valence-corrected chi connectivity index (χ1v) is 9.62. The zero-order valence-corrected chi connectivity index (χ0v) is 16.4. The molecule has 2 unspecified atom stereocenters. The summed E-state index contributed by atoms with van der Waals surface area (Å²) < 4.78 is 5.40. The van der Waals surface area contributed by atoms with Crippen molar-refractivity contribution in [2.45, 2.75) is 56.6 Å². The van der Waals surface area contributed by atoms with Gasteiger partial charge in [-0.3, -0.25) is 4.79 Å². The number of amides is 1. The average Bonchev–Trinajstić information content (AvgIpc) is 3.33. The number of carbonyl (C=O) groups excluding carboxylic acids is 1. The number of rotatable bonds is 3. The van der Waals surface area contributed by atoms with Crippen molar-refractivity contribution in [3.63, 3.8) is 0 Å². The average molecular weight is 379 g/mol. The van der Waals surface area contributed by atoms with Crippen molar-refractivity contribution in [2.75, 3.05) is 0 Å². The predicted molar refractivity (Wildman–Crippen MR) is 106 cm³/mol. The van der Waals surface area contributed by atoms with Crippen LogP contribution in [0.3, 0.4) is 0 Å². The van der Waals surface area contributed by atoms with E-state index in [9.17, 15) is 14.7 Å². The number of hydrogen-bond donors (Lipinski definition) is 2. The van der Waals surface area contributed by atoms with Crippen molar-refractivity contribution in [3.8, 4) is 11.1 Å². The van der Waals surface area contributed by atoms with Crippen LogP contribution in [0.5, 0.6) is 0 Å². The molecule has 146 valence electrons. The maximum atomic E-state index is 12.3. The van der Waals surface area contributed by atoms with Crippen molar-refractivity contribution < 1.29 is 19.4 Å². The number of aliphatic carboxylic acids is 1. The molecule has 2 aromatic rings. The van der Waals surface area contributed by atoms with Gasteiger partial charge in [0, 0.05) is 5.92 Å². The standard InChI is InChI=1S/C23H25NO4/c1-22(2,3)28-21(27)24-23-12-18(20(25)26)17-11-15(14-7-5-4-6-8-14)9-10-16(17)19(23)13-23/h4-11,18-19H,12-13H2,1-3H3,(H,24,27)(H,25,26)/t18-,19?,23?/m0/s1. The van der Waals surface area contributed by atoms with E-state index in [1.165, 1.54) is 0 Å². The fraction of sp³-hybridized carbons (Fsp3) is 0.391. The number of carbonyl (C=O) groups is 2. The van der Waals surface area contributed by atoms with Gasteiger partial charge in [0.2, 0.25) is 0 Å². The first kappa shape index (κ1) is 18.5. The Balaban J connectivity index is 1.65. The second kappa shape index (κ2) is 6.36. The summed E-state index contributed by atoms with van der Waals surface area (Å²) in [7, 11) is 0. The van der Waals surface area contributed by atoms with Gasteiger partial charge in [-0.05, 0) is 55.9 Å². The van der Waals surface area contributed by atoms with E-state index in [4.69, 9.17) is 4.74 Å². The Morgan fingerprint density at radius 3 is 2.39 bits per heavy atom. The Bertz CT molecular complexity index is 931. The van der Waals surface area contributed by atoms with Crippen LogP contribution in [0.25, 0.3) is 11.1 Å². The zero-order valence-electron chi connectivity index (χ0n) is 16.4. The maximum Gasteiger partial charge on any atom is 0.408 e. The molecule has 1 saturated carbocycles. The summed E-state index contributed by atoms with van der Waals surface area (Å²) in [4.78, 5) is 24.3. The molecule has 5 nitrogen and oxygen atoms in total. The van der Waals surface area contributed by atoms with Gasteiger partial charge in [-0.25, -0.2) is 4.79 Å². The van der Waals surface area contributed by atoms with E-state index in [-0.39, 0.29) is 5.92 Å². The summed E-state index contributed by atoms with van der Waals surface area (Å²) in [6.07, 6.45) is 0.647. The van der Waals surface area contributed by atoms with E-state index >= 15 is 0 Å². The molecule has 0 saturated heterocycles. The van der Waals surface area contributed by atoms with Crippen LogP contribution >= 0.6 is 0 Å². The van der Waals surface area contributed by atoms with Crippen molar-refractivity contribution in [3.05, 3.63) is 59.7 Å². The molecule has 0 bridgehead atoms. The number of fused-ring (bicyclic) bond motifs is 3. The second-order valence-corrected chi connectivity index (χ2v) is 8.84. The van der Waals surface area contributed by atoms with Crippen molar-refractivity contribution in [1.29, 1.82) is 0 Å². The Morgan fingerprint density at radius 1 is 1.04 bits per heavy atom. The molecule has 3 atom stereocenters. The van der Waals surface area contributed by atoms with Gasteiger partial charge in [-0.1, -0.05) is 48.5 Å². The normalized spacial score (nSPS) is 25.2. The van der Waals surface area contributed by atoms with Crippen LogP contribution in [0.1, 0.15) is 56.6 Å². The van der Waals surface area contributed by atoms with Crippen molar-refractivity contribution in [1.82, 2.24) is 5.32 Å². The first-order valence-electron chi connectivity index (χ1n) is 9.62. The molecule has 2 aromatic carbocycles. The highest BCUT2D eigenvalue weighted by Gasteiger charge is 2.61. The second-order valence-electron chi connectivity index (χ2n) is 8.84. The SMILES string of the molecule is CC(C)(C)OC(=O)NC12CC1c1ccc(-c3ccccc3)cc1[C@@H](C(=O)O)C2. The molecular formula is C23H25NO4. The van der Waals surface area contributed by atoms with Crippen LogP contribution in [0.15, 0.2) is 48.5 Å². The minimum absolute atomic E-state index is 0.135. The van der Waals surface area contributed by atoms with Gasteiger partial charge >= 0.3 is 12.1 Å². The fourth-order valence-electron chi connectivity index (χ4n) is 4.33. The van der Waals surface area contributed by atoms with Crippen LogP contribution in [0.2, 0.25) is 0 Å². The van der Waals surface area contributed by atoms with Gasteiger partial charge in [0.15, 0.2) is 0 Å². The molecule has 5 heteroatoms. The van der Waals surface area contributed by atoms with E-state index < -0.39 is 29.1 Å². The Labute approximate surface area is 164 Å². The van der Waals surface area contributed by atoms with E-state index in [0.29, 0.717) is 6.42 Å². The molecule has 0 aromatic heterocycles. The van der Waals surface area contributed by atoms with Gasteiger partial charge in [-0.15, -0.1) is 0 Å². The number of nitrogens with one attached hydrogen (secondary N) is 1. The number of hydrogen-bond acceptors (Lipinski definition) is 3. The lowest BCUT2D eigenvalue weighted by molar-refractivity contribution is -0.139. The van der Waals surface area contributed by atoms with Crippen LogP contribution < -0.4 is 5.32 Å². The third-order valence-electron chi connectivity index (χ3n) is 5.64. The smallest absolute Gasteiger partial charge is 0.408 e. The van der Waals surface area contributed by atoms with Gasteiger partial charge < -0.3 is 15.2 Å². The largest absolute Gasteiger partial charge is 0.481 e. The summed E-state index contributed by atoms with van der Waals surface area (Å²) in [5.41, 5.74) is 2.85. The molecule has 1 amide bonds. The van der Waals surface area contributed by atoms with Gasteiger partial charge in [0.25, 0.3) is 0 Å². The molecule has 28 heavy (non-hydrogen) atoms. The van der Waals surface area contributed by atoms with Crippen molar-refractivity contribution >= 4 is 12.1 Å². The highest BCUT2D eigenvalue weighted by Crippen LogP contribution is 2.61. The van der Waals surface area contributed by atoms with Gasteiger partial charge in [0.1, 0.15) is 5.60 Å². The summed E-state index contributed by atoms with van der Waals surface area (Å²) in [6.45, 7) is 5.45. The molecule has 0 heterocycles. The summed E-state index contributed by atoms with van der Waals surface area (Å²) in [5.74, 6) is -1.37. The highest BCUT2D eigenvalue weighted by atomic mass is 16.6. The zero-order chi connectivity index (χ0) is 20.1. The van der Waals surface area contributed by atoms with Crippen LogP contribution in [0, 0.1) is 0 Å². The predicted octanol–water partition coefficient (Wildman–Crippen LogP) is 4.68. The molecule has 0 spiro atoms. The van der Waals surface area contributed by atoms with E-state index in [2.05, 4.69) is 5.32 Å². The van der Waals surface area contributed by atoms with E-state index in [0.717, 1.165) is 28.7 Å². The number of carboxylic acids is 1. The number of carboxylic acid groups (broad SMARTS) is 1. The third-order valence-corrected chi connectivity index (χ3v) is 5.64. The molecule has 2 aliphatic carbocycles. The van der Waals surface area contributed by atoms with Gasteiger partial charge in [-0.2, -0.15) is 0 Å². The summed E-state index contributed by atoms with van der Waals surface area (Å²) in [6, 6.07) is 16.0. The molecule has 1 fully saturated rings. The maximum absolute atomic E-state index is 12.3. The molecule has 2 N–H and O–H groups in total. The lowest BCUT2D eigenvalue weighted by Crippen LogP contribution is -2.44. The minimum Gasteiger partial charge on any atom is -0.481 e. The first-order chi connectivity index (χ1) is 13.2. The Morgan fingerprint density at radius 2 is 1.75 bits per heavy atom. The molecule has 0 aliphatic heterocycles. The number of benzene rings is 2. The minimum atomic E-state index is -0.859. The topological polar surface area (TPSA) is 75.6 Å². The number of alkyl carbamates (subject to hydrolysis) is 1. The molecular weight excluding hydrogens is 354 g/mol. The molecule has 0 radical (unpaired) electrons. The van der Waals surface area contributed by atoms with Crippen LogP contribution in [0.4, 0.5) is 4.79 Å². The van der Waals surface area contributed by atoms with Crippen LogP contribution in [-0.2, 0) is 9.53 Å². The van der Waals surface area contributed by atoms with Crippen molar-refractivity contribution in [2.24, 2.45) is 0 Å². The highest BCUT2D eigenvalue weighted by molar-refractivity contribution is 5.81. The van der Waals surface area contributed by atoms with E-state index in [1.807, 2.05) is 69.3 Å². The Hall–Kier alpha value is -2.82. The monoisotopic (exact) mass is 379 g/mol. The lowest BCUT2D eigenvalue weighted by Gasteiger charge is -2.31. The fourth-order valence-corrected chi connectivity index (χ4v) is 4.33. The quantitative estimate of drug-likeness (QED) is 0.812.